The highest BCUT2D eigenvalue weighted by Gasteiger charge is 2.29. The van der Waals surface area contributed by atoms with Crippen molar-refractivity contribution in [2.75, 3.05) is 32.8 Å². The highest BCUT2D eigenvalue weighted by atomic mass is 16.5. The number of ether oxygens (including phenoxy) is 2. The molecule has 0 unspecified atom stereocenters. The fourth-order valence-corrected chi connectivity index (χ4v) is 4.74. The first-order chi connectivity index (χ1) is 16.5. The van der Waals surface area contributed by atoms with E-state index in [1.807, 2.05) is 24.3 Å². The number of ketones is 1. The van der Waals surface area contributed by atoms with Gasteiger partial charge in [-0.05, 0) is 62.6 Å². The Hall–Kier alpha value is -1.47. The summed E-state index contributed by atoms with van der Waals surface area (Å²) >= 11 is 0. The second kappa shape index (κ2) is 14.8. The summed E-state index contributed by atoms with van der Waals surface area (Å²) in [5.74, 6) is 0.829. The SMILES string of the molecule is CCCCOc1ccc([C@H](O)[C@H](CC(=O)CCCCCOC2CCC2)CN2CC[C@H](O)C2)cc1. The van der Waals surface area contributed by atoms with Crippen LogP contribution in [0.1, 0.15) is 89.2 Å². The van der Waals surface area contributed by atoms with Gasteiger partial charge in [0.1, 0.15) is 11.5 Å². The number of nitrogens with zero attached hydrogens (tertiary/aromatic N) is 1. The molecule has 0 radical (unpaired) electrons. The topological polar surface area (TPSA) is 79.2 Å². The number of hydrogen-bond acceptors (Lipinski definition) is 6. The predicted octanol–water partition coefficient (Wildman–Crippen LogP) is 4.67. The highest BCUT2D eigenvalue weighted by Crippen LogP contribution is 2.29. The van der Waals surface area contributed by atoms with Gasteiger partial charge in [0.25, 0.3) is 0 Å². The van der Waals surface area contributed by atoms with E-state index < -0.39 is 6.10 Å². The van der Waals surface area contributed by atoms with E-state index in [0.29, 0.717) is 38.6 Å². The van der Waals surface area contributed by atoms with Crippen molar-refractivity contribution in [2.24, 2.45) is 5.92 Å². The van der Waals surface area contributed by atoms with Gasteiger partial charge in [-0.15, -0.1) is 0 Å². The quantitative estimate of drug-likeness (QED) is 0.319. The van der Waals surface area contributed by atoms with Crippen LogP contribution in [0.5, 0.6) is 5.75 Å². The number of aliphatic hydroxyl groups is 2. The number of rotatable bonds is 17. The molecule has 3 rings (SSSR count). The third-order valence-corrected chi connectivity index (χ3v) is 7.17. The molecule has 1 aromatic rings. The Bertz CT molecular complexity index is 705. The van der Waals surface area contributed by atoms with E-state index in [1.54, 1.807) is 0 Å². The number of β-amino-alcohol motifs (C(OH)–C–C–N with tert-alkyl or cyclic N) is 1. The minimum atomic E-state index is -0.720. The van der Waals surface area contributed by atoms with Gasteiger partial charge in [0.05, 0.1) is 24.9 Å². The third-order valence-electron chi connectivity index (χ3n) is 7.17. The Balaban J connectivity index is 1.47. The average molecular weight is 476 g/mol. The number of aliphatic hydroxyl groups excluding tert-OH is 2. The standard InChI is InChI=1S/C28H45NO5/c1-2-3-17-33-27-13-11-22(12-14-27)28(32)23(20-29-16-15-25(31)21-29)19-24(30)8-5-4-6-18-34-26-9-7-10-26/h11-14,23,25-26,28,31-32H,2-10,15-21H2,1H3/t23-,25+,28+/m1/s1. The first kappa shape index (κ1) is 27.1. The van der Waals surface area contributed by atoms with Gasteiger partial charge < -0.3 is 24.6 Å². The molecule has 1 aliphatic heterocycles. The van der Waals surface area contributed by atoms with Crippen LogP contribution in [-0.4, -0.2) is 66.0 Å². The minimum absolute atomic E-state index is 0.188. The molecule has 2 aliphatic rings. The van der Waals surface area contributed by atoms with Gasteiger partial charge in [0.15, 0.2) is 0 Å². The van der Waals surface area contributed by atoms with Crippen LogP contribution in [0, 0.1) is 5.92 Å². The molecule has 0 spiro atoms. The smallest absolute Gasteiger partial charge is 0.133 e. The van der Waals surface area contributed by atoms with Crippen LogP contribution in [-0.2, 0) is 9.53 Å². The molecule has 1 saturated heterocycles. The van der Waals surface area contributed by atoms with Crippen molar-refractivity contribution in [3.63, 3.8) is 0 Å². The summed E-state index contributed by atoms with van der Waals surface area (Å²) in [4.78, 5) is 15.0. The van der Waals surface area contributed by atoms with Crippen molar-refractivity contribution in [1.82, 2.24) is 4.90 Å². The molecule has 1 aromatic carbocycles. The lowest BCUT2D eigenvalue weighted by molar-refractivity contribution is -0.121. The number of carbonyl (C=O) groups is 1. The summed E-state index contributed by atoms with van der Waals surface area (Å²) in [6, 6.07) is 7.62. The van der Waals surface area contributed by atoms with Gasteiger partial charge in [-0.3, -0.25) is 4.79 Å². The van der Waals surface area contributed by atoms with E-state index in [2.05, 4.69) is 11.8 Å². The van der Waals surface area contributed by atoms with Crippen LogP contribution >= 0.6 is 0 Å². The van der Waals surface area contributed by atoms with Gasteiger partial charge in [-0.2, -0.15) is 0 Å². The van der Waals surface area contributed by atoms with Crippen LogP contribution in [0.25, 0.3) is 0 Å². The number of Topliss-reactive ketones (excluding diaryl/α,β-unsaturated/α-hetero) is 1. The Morgan fingerprint density at radius 1 is 1.09 bits per heavy atom. The fourth-order valence-electron chi connectivity index (χ4n) is 4.74. The van der Waals surface area contributed by atoms with E-state index >= 15 is 0 Å². The maximum absolute atomic E-state index is 12.8. The van der Waals surface area contributed by atoms with E-state index in [1.165, 1.54) is 19.3 Å². The van der Waals surface area contributed by atoms with Gasteiger partial charge in [-0.1, -0.05) is 31.9 Å². The largest absolute Gasteiger partial charge is 0.494 e. The third kappa shape index (κ3) is 9.29. The lowest BCUT2D eigenvalue weighted by atomic mass is 9.89. The molecule has 192 valence electrons. The fraction of sp³-hybridized carbons (Fsp3) is 0.750. The van der Waals surface area contributed by atoms with Crippen LogP contribution in [0.2, 0.25) is 0 Å². The Morgan fingerprint density at radius 3 is 2.53 bits per heavy atom. The second-order valence-electron chi connectivity index (χ2n) is 10.2. The first-order valence-electron chi connectivity index (χ1n) is 13.5. The van der Waals surface area contributed by atoms with Gasteiger partial charge in [0.2, 0.25) is 0 Å². The van der Waals surface area contributed by atoms with Crippen molar-refractivity contribution in [2.45, 2.75) is 95.9 Å². The van der Waals surface area contributed by atoms with Crippen molar-refractivity contribution in [3.05, 3.63) is 29.8 Å². The summed E-state index contributed by atoms with van der Waals surface area (Å²) in [6.07, 6.45) is 9.80. The normalized spacial score (nSPS) is 20.7. The Morgan fingerprint density at radius 2 is 1.88 bits per heavy atom. The number of unbranched alkanes of at least 4 members (excludes halogenated alkanes) is 3. The molecule has 1 saturated carbocycles. The number of carbonyl (C=O) groups excluding carboxylic acids is 1. The number of benzene rings is 1. The van der Waals surface area contributed by atoms with E-state index in [9.17, 15) is 15.0 Å². The van der Waals surface area contributed by atoms with Crippen molar-refractivity contribution < 1.29 is 24.5 Å². The zero-order valence-corrected chi connectivity index (χ0v) is 21.0. The monoisotopic (exact) mass is 475 g/mol. The summed E-state index contributed by atoms with van der Waals surface area (Å²) < 4.78 is 11.5. The molecular weight excluding hydrogens is 430 g/mol. The van der Waals surface area contributed by atoms with E-state index in [0.717, 1.165) is 63.0 Å². The van der Waals surface area contributed by atoms with E-state index in [-0.39, 0.29) is 17.8 Å². The van der Waals surface area contributed by atoms with Crippen LogP contribution in [0.3, 0.4) is 0 Å². The first-order valence-corrected chi connectivity index (χ1v) is 13.5. The molecular formula is C28H45NO5. The zero-order chi connectivity index (χ0) is 24.2. The molecule has 2 fully saturated rings. The van der Waals surface area contributed by atoms with Gasteiger partial charge in [0, 0.05) is 45.0 Å². The maximum atomic E-state index is 12.8. The van der Waals surface area contributed by atoms with Crippen LogP contribution in [0.15, 0.2) is 24.3 Å². The molecule has 6 heteroatoms. The summed E-state index contributed by atoms with van der Waals surface area (Å²) in [7, 11) is 0. The number of likely N-dealkylation sites (tertiary alicyclic amines) is 1. The average Bonchev–Trinajstić information content (AvgIpc) is 3.21. The highest BCUT2D eigenvalue weighted by molar-refractivity contribution is 5.78. The summed E-state index contributed by atoms with van der Waals surface area (Å²) in [5.41, 5.74) is 0.813. The predicted molar refractivity (Wildman–Crippen MR) is 134 cm³/mol. The molecule has 1 aliphatic carbocycles. The van der Waals surface area contributed by atoms with E-state index in [4.69, 9.17) is 9.47 Å². The van der Waals surface area contributed by atoms with Crippen LogP contribution in [0.4, 0.5) is 0 Å². The molecule has 3 atom stereocenters. The molecule has 1 heterocycles. The Labute approximate surface area is 205 Å². The van der Waals surface area contributed by atoms with Gasteiger partial charge >= 0.3 is 0 Å². The summed E-state index contributed by atoms with van der Waals surface area (Å²) in [5, 5.41) is 21.1. The lowest BCUT2D eigenvalue weighted by Gasteiger charge is -2.27. The second-order valence-corrected chi connectivity index (χ2v) is 10.2. The van der Waals surface area contributed by atoms with Crippen LogP contribution < -0.4 is 4.74 Å². The molecule has 34 heavy (non-hydrogen) atoms. The molecule has 0 aromatic heterocycles. The minimum Gasteiger partial charge on any atom is -0.494 e. The molecule has 6 nitrogen and oxygen atoms in total. The Kier molecular flexibility index (Phi) is 11.8. The molecule has 2 N–H and O–H groups in total. The lowest BCUT2D eigenvalue weighted by Crippen LogP contribution is -2.32. The summed E-state index contributed by atoms with van der Waals surface area (Å²) in [6.45, 7) is 5.67. The van der Waals surface area contributed by atoms with Crippen molar-refractivity contribution in [1.29, 1.82) is 0 Å². The maximum Gasteiger partial charge on any atom is 0.133 e. The zero-order valence-electron chi connectivity index (χ0n) is 21.0. The molecule has 0 amide bonds. The van der Waals surface area contributed by atoms with Crippen molar-refractivity contribution in [3.8, 4) is 5.75 Å². The number of hydrogen-bond donors (Lipinski definition) is 2. The van der Waals surface area contributed by atoms with Crippen molar-refractivity contribution >= 4 is 5.78 Å². The van der Waals surface area contributed by atoms with Gasteiger partial charge in [-0.25, -0.2) is 0 Å². The molecule has 0 bridgehead atoms.